The summed E-state index contributed by atoms with van der Waals surface area (Å²) in [4.78, 5) is 32.0. The lowest BCUT2D eigenvalue weighted by atomic mass is 10.1. The minimum atomic E-state index is -2.90. The summed E-state index contributed by atoms with van der Waals surface area (Å²) in [6.45, 7) is 4.36. The molecule has 0 aliphatic carbocycles. The molecule has 11 nitrogen and oxygen atoms in total. The molecule has 164 valence electrons. The third-order valence-electron chi connectivity index (χ3n) is 4.59. The number of hydrogen-bond donors (Lipinski definition) is 0. The van der Waals surface area contributed by atoms with Crippen molar-refractivity contribution in [3.8, 4) is 5.75 Å². The summed E-state index contributed by atoms with van der Waals surface area (Å²) in [7, 11) is 1.52. The standard InChI is InChI=1S/C19H15F2N7O4/c1-22-16-14-15(17(29)26(2)10-23-14)28(25-16)9-13-24-27(19(30)32-13)8-7-11-3-5-12(6-4-11)31-18(20)21/h3-6,10,18H,7-9H2,2H3. The Kier molecular flexibility index (Phi) is 5.50. The van der Waals surface area contributed by atoms with Gasteiger partial charge in [0.05, 0.1) is 12.9 Å². The van der Waals surface area contributed by atoms with Crippen LogP contribution in [0.4, 0.5) is 14.6 Å². The molecule has 13 heteroatoms. The number of fused-ring (bicyclic) bond motifs is 1. The van der Waals surface area contributed by atoms with Gasteiger partial charge in [0.1, 0.15) is 17.8 Å². The molecular weight excluding hydrogens is 428 g/mol. The zero-order valence-electron chi connectivity index (χ0n) is 16.6. The Labute approximate surface area is 177 Å². The van der Waals surface area contributed by atoms with E-state index in [0.717, 1.165) is 10.2 Å². The van der Waals surface area contributed by atoms with Crippen LogP contribution in [-0.4, -0.2) is 35.7 Å². The number of ether oxygens (including phenoxy) is 1. The molecule has 0 fully saturated rings. The summed E-state index contributed by atoms with van der Waals surface area (Å²) in [6.07, 6.45) is 1.68. The summed E-state index contributed by atoms with van der Waals surface area (Å²) in [5.41, 5.74) is 0.629. The van der Waals surface area contributed by atoms with Crippen molar-refractivity contribution in [2.75, 3.05) is 0 Å². The second kappa shape index (κ2) is 8.42. The highest BCUT2D eigenvalue weighted by Gasteiger charge is 2.20. The van der Waals surface area contributed by atoms with Crippen LogP contribution in [0.3, 0.4) is 0 Å². The Balaban J connectivity index is 1.52. The van der Waals surface area contributed by atoms with Gasteiger partial charge in [-0.2, -0.15) is 18.1 Å². The molecule has 4 rings (SSSR count). The lowest BCUT2D eigenvalue weighted by molar-refractivity contribution is -0.0498. The molecule has 3 aromatic heterocycles. The molecule has 0 unspecified atom stereocenters. The number of rotatable bonds is 7. The van der Waals surface area contributed by atoms with E-state index in [2.05, 4.69) is 24.8 Å². The van der Waals surface area contributed by atoms with Crippen molar-refractivity contribution in [2.24, 2.45) is 7.05 Å². The van der Waals surface area contributed by atoms with Crippen LogP contribution in [0.1, 0.15) is 11.5 Å². The first-order chi connectivity index (χ1) is 15.4. The van der Waals surface area contributed by atoms with Gasteiger partial charge in [-0.1, -0.05) is 18.7 Å². The molecule has 3 heterocycles. The number of benzene rings is 1. The molecular formula is C19H15F2N7O4. The first-order valence-electron chi connectivity index (χ1n) is 9.26. The molecule has 0 aliphatic rings. The first kappa shape index (κ1) is 20.9. The van der Waals surface area contributed by atoms with Crippen LogP contribution < -0.4 is 16.1 Å². The van der Waals surface area contributed by atoms with Gasteiger partial charge in [-0.05, 0) is 29.2 Å². The van der Waals surface area contributed by atoms with Crippen molar-refractivity contribution in [1.29, 1.82) is 0 Å². The molecule has 0 atom stereocenters. The molecule has 0 radical (unpaired) electrons. The van der Waals surface area contributed by atoms with Crippen molar-refractivity contribution in [2.45, 2.75) is 26.1 Å². The molecule has 0 aliphatic heterocycles. The van der Waals surface area contributed by atoms with Crippen LogP contribution in [0.15, 0.2) is 44.6 Å². The number of aromatic nitrogens is 6. The molecule has 0 saturated heterocycles. The monoisotopic (exact) mass is 443 g/mol. The van der Waals surface area contributed by atoms with E-state index < -0.39 is 17.9 Å². The van der Waals surface area contributed by atoms with E-state index >= 15 is 0 Å². The molecule has 0 saturated carbocycles. The Morgan fingerprint density at radius 1 is 1.19 bits per heavy atom. The highest BCUT2D eigenvalue weighted by Crippen LogP contribution is 2.21. The molecule has 0 bridgehead atoms. The molecule has 0 spiro atoms. The maximum atomic E-state index is 12.5. The van der Waals surface area contributed by atoms with E-state index in [-0.39, 0.29) is 41.6 Å². The van der Waals surface area contributed by atoms with Gasteiger partial charge in [0, 0.05) is 7.05 Å². The van der Waals surface area contributed by atoms with E-state index in [1.165, 1.54) is 34.8 Å². The molecule has 4 aromatic rings. The van der Waals surface area contributed by atoms with E-state index in [9.17, 15) is 18.4 Å². The number of aryl methyl sites for hydroxylation is 3. The van der Waals surface area contributed by atoms with Gasteiger partial charge in [-0.15, -0.1) is 5.10 Å². The lowest BCUT2D eigenvalue weighted by Gasteiger charge is -2.05. The average Bonchev–Trinajstić information content (AvgIpc) is 3.29. The van der Waals surface area contributed by atoms with Gasteiger partial charge < -0.3 is 18.6 Å². The molecule has 32 heavy (non-hydrogen) atoms. The third-order valence-corrected chi connectivity index (χ3v) is 4.59. The van der Waals surface area contributed by atoms with E-state index in [1.807, 2.05) is 0 Å². The normalized spacial score (nSPS) is 11.2. The number of nitrogens with zero attached hydrogens (tertiary/aromatic N) is 7. The highest BCUT2D eigenvalue weighted by atomic mass is 19.3. The van der Waals surface area contributed by atoms with Gasteiger partial charge in [0.15, 0.2) is 5.52 Å². The Morgan fingerprint density at radius 2 is 1.94 bits per heavy atom. The van der Waals surface area contributed by atoms with E-state index in [1.54, 1.807) is 12.1 Å². The summed E-state index contributed by atoms with van der Waals surface area (Å²) in [5, 5.41) is 8.19. The van der Waals surface area contributed by atoms with Crippen molar-refractivity contribution in [3.05, 3.63) is 74.4 Å². The van der Waals surface area contributed by atoms with Crippen LogP contribution in [0, 0.1) is 6.57 Å². The molecule has 1 aromatic carbocycles. The molecule has 0 amide bonds. The van der Waals surface area contributed by atoms with Gasteiger partial charge >= 0.3 is 18.2 Å². The fourth-order valence-corrected chi connectivity index (χ4v) is 3.08. The van der Waals surface area contributed by atoms with Gasteiger partial charge in [0.2, 0.25) is 5.89 Å². The van der Waals surface area contributed by atoms with Gasteiger partial charge in [-0.25, -0.2) is 9.78 Å². The fourth-order valence-electron chi connectivity index (χ4n) is 3.08. The minimum absolute atomic E-state index is 0.00233. The molecule has 0 N–H and O–H groups in total. The first-order valence-corrected chi connectivity index (χ1v) is 9.26. The maximum Gasteiger partial charge on any atom is 0.437 e. The Hall–Kier alpha value is -4.34. The SMILES string of the molecule is [C-]#[N+]c1nn(Cc2nn(CCc3ccc(OC(F)F)cc3)c(=O)o2)c2c(=O)n(C)cnc12. The zero-order valence-corrected chi connectivity index (χ0v) is 16.6. The van der Waals surface area contributed by atoms with Gasteiger partial charge in [0.25, 0.3) is 5.56 Å². The van der Waals surface area contributed by atoms with E-state index in [4.69, 9.17) is 11.0 Å². The van der Waals surface area contributed by atoms with Crippen LogP contribution in [-0.2, 0) is 26.6 Å². The van der Waals surface area contributed by atoms with Crippen molar-refractivity contribution >= 4 is 16.9 Å². The summed E-state index contributed by atoms with van der Waals surface area (Å²) in [6, 6.07) is 6.03. The minimum Gasteiger partial charge on any atom is -0.435 e. The predicted molar refractivity (Wildman–Crippen MR) is 106 cm³/mol. The fraction of sp³-hybridized carbons (Fsp3) is 0.263. The maximum absolute atomic E-state index is 12.5. The van der Waals surface area contributed by atoms with Crippen LogP contribution >= 0.6 is 0 Å². The Morgan fingerprint density at radius 3 is 2.62 bits per heavy atom. The highest BCUT2D eigenvalue weighted by molar-refractivity contribution is 5.85. The topological polar surface area (TPSA) is 114 Å². The third kappa shape index (κ3) is 4.10. The predicted octanol–water partition coefficient (Wildman–Crippen LogP) is 1.72. The summed E-state index contributed by atoms with van der Waals surface area (Å²) < 4.78 is 37.5. The number of alkyl halides is 2. The van der Waals surface area contributed by atoms with Crippen molar-refractivity contribution < 1.29 is 17.9 Å². The smallest absolute Gasteiger partial charge is 0.435 e. The largest absolute Gasteiger partial charge is 0.437 e. The second-order valence-corrected chi connectivity index (χ2v) is 6.71. The summed E-state index contributed by atoms with van der Waals surface area (Å²) in [5.74, 6) is -0.706. The van der Waals surface area contributed by atoms with Gasteiger partial charge in [-0.3, -0.25) is 4.79 Å². The average molecular weight is 443 g/mol. The Bertz CT molecular complexity index is 1430. The second-order valence-electron chi connectivity index (χ2n) is 6.71. The quantitative estimate of drug-likeness (QED) is 0.400. The van der Waals surface area contributed by atoms with Crippen LogP contribution in [0.2, 0.25) is 0 Å². The van der Waals surface area contributed by atoms with Crippen molar-refractivity contribution in [3.63, 3.8) is 0 Å². The van der Waals surface area contributed by atoms with Crippen molar-refractivity contribution in [1.82, 2.24) is 29.1 Å². The van der Waals surface area contributed by atoms with Crippen LogP contribution in [0.25, 0.3) is 15.9 Å². The summed E-state index contributed by atoms with van der Waals surface area (Å²) >= 11 is 0. The number of hydrogen-bond acceptors (Lipinski definition) is 7. The van der Waals surface area contributed by atoms with E-state index in [0.29, 0.717) is 6.42 Å². The number of halogens is 2. The zero-order chi connectivity index (χ0) is 22.8. The lowest BCUT2D eigenvalue weighted by Crippen LogP contribution is -2.20. The van der Waals surface area contributed by atoms with Crippen LogP contribution in [0.5, 0.6) is 5.75 Å².